The summed E-state index contributed by atoms with van der Waals surface area (Å²) in [5.74, 6) is 0.652. The number of rotatable bonds is 4. The zero-order valence-corrected chi connectivity index (χ0v) is 12.5. The molecule has 106 valence electrons. The number of halogens is 1. The van der Waals surface area contributed by atoms with E-state index in [9.17, 15) is 8.42 Å². The molecule has 0 saturated heterocycles. The van der Waals surface area contributed by atoms with E-state index in [-0.39, 0.29) is 9.92 Å². The Balaban J connectivity index is 2.41. The Kier molecular flexibility index (Phi) is 4.15. The van der Waals surface area contributed by atoms with Gasteiger partial charge in [-0.3, -0.25) is 9.29 Å². The van der Waals surface area contributed by atoms with Gasteiger partial charge in [0, 0.05) is 19.4 Å². The average Bonchev–Trinajstić information content (AvgIpc) is 2.47. The van der Waals surface area contributed by atoms with Gasteiger partial charge in [0.15, 0.2) is 0 Å². The standard InChI is InChI=1S/C13H13ClN2O3S/c1-16(10-3-5-11(19-2)6-4-10)20(17,18)13-9-15-8-7-12(13)14/h3-9H,1-2H3. The van der Waals surface area contributed by atoms with Crippen LogP contribution >= 0.6 is 11.6 Å². The van der Waals surface area contributed by atoms with Gasteiger partial charge in [0.05, 0.1) is 17.8 Å². The molecule has 0 aliphatic rings. The number of benzene rings is 1. The summed E-state index contributed by atoms with van der Waals surface area (Å²) in [6.45, 7) is 0. The highest BCUT2D eigenvalue weighted by Crippen LogP contribution is 2.27. The number of hydrogen-bond acceptors (Lipinski definition) is 4. The Morgan fingerprint density at radius 2 is 1.85 bits per heavy atom. The highest BCUT2D eigenvalue weighted by Gasteiger charge is 2.24. The largest absolute Gasteiger partial charge is 0.497 e. The van der Waals surface area contributed by atoms with E-state index in [0.29, 0.717) is 11.4 Å². The van der Waals surface area contributed by atoms with Crippen LogP contribution in [0.3, 0.4) is 0 Å². The molecule has 1 aromatic carbocycles. The molecule has 2 aromatic rings. The van der Waals surface area contributed by atoms with Crippen molar-refractivity contribution in [2.75, 3.05) is 18.5 Å². The summed E-state index contributed by atoms with van der Waals surface area (Å²) in [6, 6.07) is 8.12. The molecule has 0 fully saturated rings. The van der Waals surface area contributed by atoms with Crippen molar-refractivity contribution in [1.82, 2.24) is 4.98 Å². The summed E-state index contributed by atoms with van der Waals surface area (Å²) >= 11 is 5.92. The van der Waals surface area contributed by atoms with E-state index < -0.39 is 10.0 Å². The minimum Gasteiger partial charge on any atom is -0.497 e. The van der Waals surface area contributed by atoms with Gasteiger partial charge >= 0.3 is 0 Å². The highest BCUT2D eigenvalue weighted by atomic mass is 35.5. The molecule has 20 heavy (non-hydrogen) atoms. The summed E-state index contributed by atoms with van der Waals surface area (Å²) in [5, 5.41) is 0.139. The predicted molar refractivity (Wildman–Crippen MR) is 77.8 cm³/mol. The van der Waals surface area contributed by atoms with Crippen LogP contribution in [0.5, 0.6) is 5.75 Å². The fraction of sp³-hybridized carbons (Fsp3) is 0.154. The van der Waals surface area contributed by atoms with E-state index in [0.717, 1.165) is 4.31 Å². The lowest BCUT2D eigenvalue weighted by Gasteiger charge is -2.20. The van der Waals surface area contributed by atoms with Crippen molar-refractivity contribution in [3.8, 4) is 5.75 Å². The SMILES string of the molecule is COc1ccc(N(C)S(=O)(=O)c2cnccc2Cl)cc1. The van der Waals surface area contributed by atoms with Crippen LogP contribution in [0.25, 0.3) is 0 Å². The van der Waals surface area contributed by atoms with Gasteiger partial charge < -0.3 is 4.74 Å². The maximum atomic E-state index is 12.5. The third kappa shape index (κ3) is 2.71. The van der Waals surface area contributed by atoms with Crippen molar-refractivity contribution in [3.63, 3.8) is 0 Å². The highest BCUT2D eigenvalue weighted by molar-refractivity contribution is 7.93. The van der Waals surface area contributed by atoms with E-state index in [1.165, 1.54) is 25.5 Å². The van der Waals surface area contributed by atoms with Crippen LogP contribution < -0.4 is 9.04 Å². The minimum absolute atomic E-state index is 0.0278. The van der Waals surface area contributed by atoms with Gasteiger partial charge in [-0.25, -0.2) is 8.42 Å². The van der Waals surface area contributed by atoms with Crippen LogP contribution in [0.15, 0.2) is 47.6 Å². The maximum absolute atomic E-state index is 12.5. The Labute approximate surface area is 122 Å². The molecule has 0 radical (unpaired) electrons. The van der Waals surface area contributed by atoms with Crippen molar-refractivity contribution < 1.29 is 13.2 Å². The molecular weight excluding hydrogens is 300 g/mol. The topological polar surface area (TPSA) is 59.5 Å². The van der Waals surface area contributed by atoms with Gasteiger partial charge in [-0.15, -0.1) is 0 Å². The molecule has 0 bridgehead atoms. The Morgan fingerprint density at radius 1 is 1.20 bits per heavy atom. The molecule has 0 aliphatic heterocycles. The Bertz CT molecular complexity index is 702. The fourth-order valence-electron chi connectivity index (χ4n) is 1.63. The minimum atomic E-state index is -3.74. The molecule has 0 unspecified atom stereocenters. The van der Waals surface area contributed by atoms with E-state index in [1.807, 2.05) is 0 Å². The van der Waals surface area contributed by atoms with Crippen molar-refractivity contribution in [3.05, 3.63) is 47.7 Å². The van der Waals surface area contributed by atoms with Gasteiger partial charge in [0.2, 0.25) is 0 Å². The maximum Gasteiger partial charge on any atom is 0.267 e. The van der Waals surface area contributed by atoms with E-state index in [2.05, 4.69) is 4.98 Å². The smallest absolute Gasteiger partial charge is 0.267 e. The van der Waals surface area contributed by atoms with Crippen LogP contribution in [-0.4, -0.2) is 27.6 Å². The van der Waals surface area contributed by atoms with E-state index in [1.54, 1.807) is 31.4 Å². The number of methoxy groups -OCH3 is 1. The second-order valence-corrected chi connectivity index (χ2v) is 6.32. The Hall–Kier alpha value is -1.79. The van der Waals surface area contributed by atoms with Crippen LogP contribution in [0, 0.1) is 0 Å². The normalized spacial score (nSPS) is 11.2. The van der Waals surface area contributed by atoms with Gasteiger partial charge in [-0.05, 0) is 30.3 Å². The summed E-state index contributed by atoms with van der Waals surface area (Å²) in [7, 11) is -0.739. The first-order valence-corrected chi connectivity index (χ1v) is 7.51. The van der Waals surface area contributed by atoms with Crippen molar-refractivity contribution in [2.24, 2.45) is 0 Å². The third-order valence-corrected chi connectivity index (χ3v) is 5.06. The summed E-state index contributed by atoms with van der Waals surface area (Å²) in [6.07, 6.45) is 2.67. The lowest BCUT2D eigenvalue weighted by atomic mass is 10.3. The molecule has 7 heteroatoms. The number of nitrogens with zero attached hydrogens (tertiary/aromatic N) is 2. The fourth-order valence-corrected chi connectivity index (χ4v) is 3.23. The first kappa shape index (κ1) is 14.6. The van der Waals surface area contributed by atoms with Crippen LogP contribution in [-0.2, 0) is 10.0 Å². The monoisotopic (exact) mass is 312 g/mol. The number of ether oxygens (including phenoxy) is 1. The van der Waals surface area contributed by atoms with Crippen LogP contribution in [0.2, 0.25) is 5.02 Å². The zero-order valence-electron chi connectivity index (χ0n) is 10.9. The molecule has 0 atom stereocenters. The van der Waals surface area contributed by atoms with Gasteiger partial charge in [0.1, 0.15) is 10.6 Å². The molecule has 1 heterocycles. The molecule has 1 aromatic heterocycles. The number of sulfonamides is 1. The first-order chi connectivity index (χ1) is 9.46. The molecule has 0 N–H and O–H groups in total. The number of aromatic nitrogens is 1. The zero-order chi connectivity index (χ0) is 14.8. The second-order valence-electron chi connectivity index (χ2n) is 3.98. The lowest BCUT2D eigenvalue weighted by molar-refractivity contribution is 0.415. The molecular formula is C13H13ClN2O3S. The summed E-state index contributed by atoms with van der Waals surface area (Å²) < 4.78 is 31.1. The summed E-state index contributed by atoms with van der Waals surface area (Å²) in [4.78, 5) is 3.78. The predicted octanol–water partition coefficient (Wildman–Crippen LogP) is 2.57. The molecule has 0 saturated carbocycles. The lowest BCUT2D eigenvalue weighted by Crippen LogP contribution is -2.26. The van der Waals surface area contributed by atoms with Gasteiger partial charge in [-0.2, -0.15) is 0 Å². The molecule has 2 rings (SSSR count). The van der Waals surface area contributed by atoms with Crippen LogP contribution in [0.1, 0.15) is 0 Å². The molecule has 5 nitrogen and oxygen atoms in total. The van der Waals surface area contributed by atoms with Gasteiger partial charge in [0.25, 0.3) is 10.0 Å². The number of anilines is 1. The third-order valence-electron chi connectivity index (χ3n) is 2.81. The average molecular weight is 313 g/mol. The van der Waals surface area contributed by atoms with Crippen molar-refractivity contribution in [1.29, 1.82) is 0 Å². The summed E-state index contributed by atoms with van der Waals surface area (Å²) in [5.41, 5.74) is 0.505. The quantitative estimate of drug-likeness (QED) is 0.870. The van der Waals surface area contributed by atoms with Crippen LogP contribution in [0.4, 0.5) is 5.69 Å². The number of pyridine rings is 1. The second kappa shape index (κ2) is 5.68. The number of hydrogen-bond donors (Lipinski definition) is 0. The van der Waals surface area contributed by atoms with E-state index >= 15 is 0 Å². The van der Waals surface area contributed by atoms with Crippen molar-refractivity contribution >= 4 is 27.3 Å². The molecule has 0 aliphatic carbocycles. The first-order valence-electron chi connectivity index (χ1n) is 5.69. The van der Waals surface area contributed by atoms with E-state index in [4.69, 9.17) is 16.3 Å². The Morgan fingerprint density at radius 3 is 2.40 bits per heavy atom. The van der Waals surface area contributed by atoms with Gasteiger partial charge in [-0.1, -0.05) is 11.6 Å². The molecule has 0 amide bonds. The van der Waals surface area contributed by atoms with Crippen molar-refractivity contribution in [2.45, 2.75) is 4.90 Å². The molecule has 0 spiro atoms.